The molecule has 0 N–H and O–H groups in total. The number of piperidine rings is 1. The fourth-order valence-electron chi connectivity index (χ4n) is 3.58. The van der Waals surface area contributed by atoms with Crippen molar-refractivity contribution in [3.8, 4) is 0 Å². The summed E-state index contributed by atoms with van der Waals surface area (Å²) in [5.41, 5.74) is 0.998. The molecule has 24 heavy (non-hydrogen) atoms. The fraction of sp³-hybridized carbons (Fsp3) is 0.722. The summed E-state index contributed by atoms with van der Waals surface area (Å²) in [7, 11) is 0. The summed E-state index contributed by atoms with van der Waals surface area (Å²) in [6, 6.07) is 0.624. The molecular formula is C18H28N4O2. The van der Waals surface area contributed by atoms with Gasteiger partial charge in [0.1, 0.15) is 6.61 Å². The van der Waals surface area contributed by atoms with E-state index in [0.29, 0.717) is 30.3 Å². The number of cyclic esters (lactones) is 1. The van der Waals surface area contributed by atoms with Crippen LogP contribution in [0.1, 0.15) is 52.1 Å². The summed E-state index contributed by atoms with van der Waals surface area (Å²) in [6.07, 6.45) is 5.40. The SMILES string of the molecule is CC(C)[C@H]1COC(=O)N1c1cncc(C2CCN(C(C)C)CC2)n1. The van der Waals surface area contributed by atoms with Crippen LogP contribution in [0, 0.1) is 5.92 Å². The molecule has 0 spiro atoms. The van der Waals surface area contributed by atoms with Crippen molar-refractivity contribution in [2.24, 2.45) is 5.92 Å². The molecule has 0 unspecified atom stereocenters. The van der Waals surface area contributed by atoms with Crippen molar-refractivity contribution in [3.63, 3.8) is 0 Å². The van der Waals surface area contributed by atoms with E-state index in [9.17, 15) is 4.79 Å². The maximum absolute atomic E-state index is 12.1. The highest BCUT2D eigenvalue weighted by Gasteiger charge is 2.37. The average Bonchev–Trinajstić information content (AvgIpc) is 2.97. The van der Waals surface area contributed by atoms with Gasteiger partial charge in [0.05, 0.1) is 17.9 Å². The van der Waals surface area contributed by atoms with Gasteiger partial charge in [-0.25, -0.2) is 9.78 Å². The summed E-state index contributed by atoms with van der Waals surface area (Å²) in [5, 5.41) is 0. The van der Waals surface area contributed by atoms with Crippen LogP contribution in [0.2, 0.25) is 0 Å². The maximum Gasteiger partial charge on any atom is 0.415 e. The number of nitrogens with zero attached hydrogens (tertiary/aromatic N) is 4. The lowest BCUT2D eigenvalue weighted by Crippen LogP contribution is -2.39. The van der Waals surface area contributed by atoms with Gasteiger partial charge in [-0.15, -0.1) is 0 Å². The molecule has 0 radical (unpaired) electrons. The predicted octanol–water partition coefficient (Wildman–Crippen LogP) is 3.05. The molecule has 0 aliphatic carbocycles. The molecule has 3 heterocycles. The van der Waals surface area contributed by atoms with Crippen molar-refractivity contribution < 1.29 is 9.53 Å². The number of carbonyl (C=O) groups excluding carboxylic acids is 1. The van der Waals surface area contributed by atoms with E-state index in [4.69, 9.17) is 9.72 Å². The molecule has 0 saturated carbocycles. The van der Waals surface area contributed by atoms with Crippen LogP contribution in [0.25, 0.3) is 0 Å². The molecule has 1 atom stereocenters. The first-order chi connectivity index (χ1) is 11.5. The van der Waals surface area contributed by atoms with Gasteiger partial charge in [0, 0.05) is 18.2 Å². The average molecular weight is 332 g/mol. The Bertz CT molecular complexity index is 582. The number of aromatic nitrogens is 2. The topological polar surface area (TPSA) is 58.6 Å². The third-order valence-corrected chi connectivity index (χ3v) is 5.24. The zero-order valence-electron chi connectivity index (χ0n) is 15.1. The van der Waals surface area contributed by atoms with Gasteiger partial charge in [0.15, 0.2) is 5.82 Å². The van der Waals surface area contributed by atoms with Crippen LogP contribution in [0.3, 0.4) is 0 Å². The quantitative estimate of drug-likeness (QED) is 0.848. The summed E-state index contributed by atoms with van der Waals surface area (Å²) in [5.74, 6) is 1.36. The molecule has 6 heteroatoms. The molecule has 3 rings (SSSR count). The number of anilines is 1. The molecule has 2 saturated heterocycles. The molecule has 2 aliphatic heterocycles. The molecule has 1 amide bonds. The number of hydrogen-bond acceptors (Lipinski definition) is 5. The third-order valence-electron chi connectivity index (χ3n) is 5.24. The highest BCUT2D eigenvalue weighted by molar-refractivity contribution is 5.89. The van der Waals surface area contributed by atoms with Gasteiger partial charge >= 0.3 is 6.09 Å². The van der Waals surface area contributed by atoms with E-state index in [1.807, 2.05) is 6.20 Å². The lowest BCUT2D eigenvalue weighted by Gasteiger charge is -2.34. The van der Waals surface area contributed by atoms with Gasteiger partial charge in [-0.2, -0.15) is 0 Å². The van der Waals surface area contributed by atoms with E-state index in [1.165, 1.54) is 0 Å². The second kappa shape index (κ2) is 7.05. The zero-order chi connectivity index (χ0) is 17.3. The predicted molar refractivity (Wildman–Crippen MR) is 93.2 cm³/mol. The van der Waals surface area contributed by atoms with Gasteiger partial charge < -0.3 is 9.64 Å². The highest BCUT2D eigenvalue weighted by Crippen LogP contribution is 2.30. The molecular weight excluding hydrogens is 304 g/mol. The minimum Gasteiger partial charge on any atom is -0.447 e. The van der Waals surface area contributed by atoms with Crippen LogP contribution in [-0.2, 0) is 4.74 Å². The minimum absolute atomic E-state index is 0.0323. The smallest absolute Gasteiger partial charge is 0.415 e. The second-order valence-corrected chi connectivity index (χ2v) is 7.46. The summed E-state index contributed by atoms with van der Waals surface area (Å²) < 4.78 is 5.23. The highest BCUT2D eigenvalue weighted by atomic mass is 16.6. The van der Waals surface area contributed by atoms with Crippen LogP contribution >= 0.6 is 0 Å². The van der Waals surface area contributed by atoms with E-state index in [-0.39, 0.29) is 12.1 Å². The van der Waals surface area contributed by atoms with Crippen molar-refractivity contribution in [1.82, 2.24) is 14.9 Å². The van der Waals surface area contributed by atoms with Gasteiger partial charge in [0.25, 0.3) is 0 Å². The normalized spacial score (nSPS) is 23.3. The van der Waals surface area contributed by atoms with Gasteiger partial charge in [0.2, 0.25) is 0 Å². The number of hydrogen-bond donors (Lipinski definition) is 0. The van der Waals surface area contributed by atoms with Gasteiger partial charge in [-0.1, -0.05) is 13.8 Å². The maximum atomic E-state index is 12.1. The van der Waals surface area contributed by atoms with E-state index < -0.39 is 0 Å². The monoisotopic (exact) mass is 332 g/mol. The number of likely N-dealkylation sites (tertiary alicyclic amines) is 1. The Balaban J connectivity index is 1.76. The van der Waals surface area contributed by atoms with E-state index >= 15 is 0 Å². The Labute approximate surface area is 144 Å². The van der Waals surface area contributed by atoms with Crippen molar-refractivity contribution in [1.29, 1.82) is 0 Å². The van der Waals surface area contributed by atoms with Crippen molar-refractivity contribution in [3.05, 3.63) is 18.1 Å². The lowest BCUT2D eigenvalue weighted by molar-refractivity contribution is 0.170. The second-order valence-electron chi connectivity index (χ2n) is 7.46. The first kappa shape index (κ1) is 17.1. The first-order valence-corrected chi connectivity index (χ1v) is 8.99. The van der Waals surface area contributed by atoms with E-state index in [0.717, 1.165) is 31.6 Å². The molecule has 0 aromatic carbocycles. The van der Waals surface area contributed by atoms with E-state index in [2.05, 4.69) is 37.6 Å². The van der Waals surface area contributed by atoms with Crippen LogP contribution in [0.5, 0.6) is 0 Å². The van der Waals surface area contributed by atoms with Gasteiger partial charge in [-0.3, -0.25) is 9.88 Å². The molecule has 132 valence electrons. The fourth-order valence-corrected chi connectivity index (χ4v) is 3.58. The van der Waals surface area contributed by atoms with Crippen molar-refractivity contribution in [2.45, 2.75) is 58.5 Å². The Morgan fingerprint density at radius 1 is 1.17 bits per heavy atom. The first-order valence-electron chi connectivity index (χ1n) is 8.99. The largest absolute Gasteiger partial charge is 0.447 e. The van der Waals surface area contributed by atoms with Crippen LogP contribution in [-0.4, -0.2) is 52.7 Å². The standard InChI is InChI=1S/C18H28N4O2/c1-12(2)16-11-24-18(23)22(16)17-10-19-9-15(20-17)14-5-7-21(8-6-14)13(3)4/h9-10,12-14,16H,5-8,11H2,1-4H3/t16-/m1/s1. The molecule has 2 fully saturated rings. The van der Waals surface area contributed by atoms with Crippen LogP contribution in [0.15, 0.2) is 12.4 Å². The number of amides is 1. The van der Waals surface area contributed by atoms with Gasteiger partial charge in [-0.05, 0) is 45.7 Å². The van der Waals surface area contributed by atoms with E-state index in [1.54, 1.807) is 11.1 Å². The van der Waals surface area contributed by atoms with Crippen molar-refractivity contribution in [2.75, 3.05) is 24.6 Å². The molecule has 0 bridgehead atoms. The number of ether oxygens (including phenoxy) is 1. The Hall–Kier alpha value is -1.69. The zero-order valence-corrected chi connectivity index (χ0v) is 15.1. The summed E-state index contributed by atoms with van der Waals surface area (Å²) >= 11 is 0. The molecule has 6 nitrogen and oxygen atoms in total. The Morgan fingerprint density at radius 2 is 1.88 bits per heavy atom. The summed E-state index contributed by atoms with van der Waals surface area (Å²) in [4.78, 5) is 25.4. The summed E-state index contributed by atoms with van der Waals surface area (Å²) in [6.45, 7) is 11.3. The lowest BCUT2D eigenvalue weighted by atomic mass is 9.93. The Morgan fingerprint density at radius 3 is 2.50 bits per heavy atom. The molecule has 2 aliphatic rings. The van der Waals surface area contributed by atoms with Crippen LogP contribution < -0.4 is 4.90 Å². The Kier molecular flexibility index (Phi) is 5.04. The third kappa shape index (κ3) is 3.38. The number of rotatable bonds is 4. The minimum atomic E-state index is -0.310. The number of carbonyl (C=O) groups is 1. The molecule has 1 aromatic heterocycles. The molecule has 1 aromatic rings. The van der Waals surface area contributed by atoms with Crippen molar-refractivity contribution >= 4 is 11.9 Å². The van der Waals surface area contributed by atoms with Crippen LogP contribution in [0.4, 0.5) is 10.6 Å².